The van der Waals surface area contributed by atoms with Gasteiger partial charge in [-0.3, -0.25) is 4.79 Å². The number of aromatic hydroxyl groups is 1. The molecule has 1 aromatic carbocycles. The first-order chi connectivity index (χ1) is 6.63. The van der Waals surface area contributed by atoms with Gasteiger partial charge in [-0.1, -0.05) is 13.0 Å². The molecule has 3 N–H and O–H groups in total. The van der Waals surface area contributed by atoms with Crippen molar-refractivity contribution in [3.05, 3.63) is 23.8 Å². The Balaban J connectivity index is 2.60. The molecule has 0 unspecified atom stereocenters. The second-order valence-electron chi connectivity index (χ2n) is 3.29. The summed E-state index contributed by atoms with van der Waals surface area (Å²) in [6, 6.07) is 5.05. The lowest BCUT2D eigenvalue weighted by Crippen LogP contribution is -1.98. The second kappa shape index (κ2) is 4.65. The number of anilines is 1. The molecule has 0 amide bonds. The number of nitrogens with two attached hydrogens (primary N) is 1. The smallest absolute Gasteiger partial charge is 0.138 e. The molecule has 0 fully saturated rings. The maximum Gasteiger partial charge on any atom is 0.138 e. The molecule has 1 rings (SSSR count). The zero-order chi connectivity index (χ0) is 10.6. The van der Waals surface area contributed by atoms with Gasteiger partial charge < -0.3 is 10.8 Å². The van der Waals surface area contributed by atoms with E-state index in [0.29, 0.717) is 24.9 Å². The van der Waals surface area contributed by atoms with Crippen LogP contribution in [0.2, 0.25) is 0 Å². The summed E-state index contributed by atoms with van der Waals surface area (Å²) in [6.07, 6.45) is 1.81. The van der Waals surface area contributed by atoms with Gasteiger partial charge in [0.15, 0.2) is 0 Å². The second-order valence-corrected chi connectivity index (χ2v) is 3.29. The monoisotopic (exact) mass is 193 g/mol. The van der Waals surface area contributed by atoms with Crippen molar-refractivity contribution in [1.82, 2.24) is 0 Å². The molecule has 0 aliphatic heterocycles. The average molecular weight is 193 g/mol. The third kappa shape index (κ3) is 2.76. The van der Waals surface area contributed by atoms with E-state index in [4.69, 9.17) is 5.73 Å². The predicted molar refractivity (Wildman–Crippen MR) is 56.1 cm³/mol. The lowest BCUT2D eigenvalue weighted by Gasteiger charge is -2.03. The van der Waals surface area contributed by atoms with Gasteiger partial charge in [0.05, 0.1) is 5.69 Å². The summed E-state index contributed by atoms with van der Waals surface area (Å²) in [5.41, 5.74) is 6.88. The standard InChI is InChI=1S/C11H15NO2/c1-2-9(13)5-3-8-4-6-11(14)10(12)7-8/h4,6-7,14H,2-3,5,12H2,1H3. The summed E-state index contributed by atoms with van der Waals surface area (Å²) in [7, 11) is 0. The molecule has 0 bridgehead atoms. The fraction of sp³-hybridized carbons (Fsp3) is 0.364. The van der Waals surface area contributed by atoms with E-state index in [1.807, 2.05) is 6.92 Å². The summed E-state index contributed by atoms with van der Waals surface area (Å²) in [6.45, 7) is 1.85. The molecule has 0 atom stereocenters. The number of benzene rings is 1. The number of aryl methyl sites for hydroxylation is 1. The van der Waals surface area contributed by atoms with Gasteiger partial charge in [0.1, 0.15) is 11.5 Å². The van der Waals surface area contributed by atoms with Gasteiger partial charge in [-0.15, -0.1) is 0 Å². The first-order valence-electron chi connectivity index (χ1n) is 4.72. The maximum atomic E-state index is 11.1. The molecule has 0 saturated carbocycles. The van der Waals surface area contributed by atoms with Crippen LogP contribution in [0.4, 0.5) is 5.69 Å². The first kappa shape index (κ1) is 10.6. The van der Waals surface area contributed by atoms with Crippen molar-refractivity contribution in [2.75, 3.05) is 5.73 Å². The summed E-state index contributed by atoms with van der Waals surface area (Å²) < 4.78 is 0. The number of carbonyl (C=O) groups excluding carboxylic acids is 1. The van der Waals surface area contributed by atoms with E-state index in [0.717, 1.165) is 5.56 Å². The SMILES string of the molecule is CCC(=O)CCc1ccc(O)c(N)c1. The largest absolute Gasteiger partial charge is 0.506 e. The molecule has 0 heterocycles. The molecule has 0 aromatic heterocycles. The van der Waals surface area contributed by atoms with Crippen LogP contribution in [0.3, 0.4) is 0 Å². The molecule has 0 radical (unpaired) electrons. The quantitative estimate of drug-likeness (QED) is 0.567. The van der Waals surface area contributed by atoms with Gasteiger partial charge in [0, 0.05) is 12.8 Å². The van der Waals surface area contributed by atoms with Crippen molar-refractivity contribution in [2.24, 2.45) is 0 Å². The Kier molecular flexibility index (Phi) is 3.51. The number of phenolic OH excluding ortho intramolecular Hbond substituents is 1. The third-order valence-corrected chi connectivity index (χ3v) is 2.18. The number of hydrogen-bond donors (Lipinski definition) is 2. The van der Waals surface area contributed by atoms with Crippen molar-refractivity contribution in [3.63, 3.8) is 0 Å². The first-order valence-corrected chi connectivity index (χ1v) is 4.72. The molecule has 76 valence electrons. The summed E-state index contributed by atoms with van der Waals surface area (Å²) in [5.74, 6) is 0.340. The van der Waals surface area contributed by atoms with Crippen LogP contribution in [0.1, 0.15) is 25.3 Å². The van der Waals surface area contributed by atoms with Gasteiger partial charge in [-0.25, -0.2) is 0 Å². The van der Waals surface area contributed by atoms with E-state index in [2.05, 4.69) is 0 Å². The van der Waals surface area contributed by atoms with Crippen LogP contribution in [0.5, 0.6) is 5.75 Å². The Labute approximate surface area is 83.6 Å². The highest BCUT2D eigenvalue weighted by molar-refractivity contribution is 5.78. The number of ketones is 1. The normalized spacial score (nSPS) is 10.1. The molecule has 1 aromatic rings. The number of rotatable bonds is 4. The number of carbonyl (C=O) groups is 1. The lowest BCUT2D eigenvalue weighted by molar-refractivity contribution is -0.118. The highest BCUT2D eigenvalue weighted by Crippen LogP contribution is 2.21. The van der Waals surface area contributed by atoms with Gasteiger partial charge in [-0.2, -0.15) is 0 Å². The summed E-state index contributed by atoms with van der Waals surface area (Å²) >= 11 is 0. The predicted octanol–water partition coefficient (Wildman–Crippen LogP) is 1.89. The highest BCUT2D eigenvalue weighted by atomic mass is 16.3. The van der Waals surface area contributed by atoms with Crippen LogP contribution in [0.25, 0.3) is 0 Å². The van der Waals surface area contributed by atoms with Crippen LogP contribution in [0, 0.1) is 0 Å². The minimum atomic E-state index is 0.0931. The van der Waals surface area contributed by atoms with Gasteiger partial charge in [-0.05, 0) is 24.1 Å². The minimum absolute atomic E-state index is 0.0931. The van der Waals surface area contributed by atoms with Gasteiger partial charge in [0.25, 0.3) is 0 Å². The maximum absolute atomic E-state index is 11.1. The Morgan fingerprint density at radius 2 is 2.21 bits per heavy atom. The summed E-state index contributed by atoms with van der Waals surface area (Å²) in [5, 5.41) is 9.18. The van der Waals surface area contributed by atoms with E-state index in [9.17, 15) is 9.90 Å². The number of hydrogen-bond acceptors (Lipinski definition) is 3. The Bertz CT molecular complexity index is 334. The average Bonchev–Trinajstić information content (AvgIpc) is 2.19. The summed E-state index contributed by atoms with van der Waals surface area (Å²) in [4.78, 5) is 11.1. The van der Waals surface area contributed by atoms with Gasteiger partial charge in [0.2, 0.25) is 0 Å². The third-order valence-electron chi connectivity index (χ3n) is 2.18. The fourth-order valence-electron chi connectivity index (χ4n) is 1.22. The molecule has 0 aliphatic carbocycles. The molecule has 0 spiro atoms. The zero-order valence-corrected chi connectivity index (χ0v) is 8.29. The van der Waals surface area contributed by atoms with Crippen molar-refractivity contribution >= 4 is 11.5 Å². The van der Waals surface area contributed by atoms with Crippen molar-refractivity contribution in [3.8, 4) is 5.75 Å². The van der Waals surface area contributed by atoms with Crippen LogP contribution >= 0.6 is 0 Å². The van der Waals surface area contributed by atoms with Crippen molar-refractivity contribution in [1.29, 1.82) is 0 Å². The van der Waals surface area contributed by atoms with Crippen molar-refractivity contribution < 1.29 is 9.90 Å². The number of Topliss-reactive ketones (excluding diaryl/α,β-unsaturated/α-hetero) is 1. The van der Waals surface area contributed by atoms with Crippen LogP contribution in [-0.2, 0) is 11.2 Å². The van der Waals surface area contributed by atoms with Gasteiger partial charge >= 0.3 is 0 Å². The molecule has 3 nitrogen and oxygen atoms in total. The van der Waals surface area contributed by atoms with E-state index < -0.39 is 0 Å². The molecule has 14 heavy (non-hydrogen) atoms. The van der Waals surface area contributed by atoms with Crippen LogP contribution in [-0.4, -0.2) is 10.9 Å². The lowest BCUT2D eigenvalue weighted by atomic mass is 10.1. The van der Waals surface area contributed by atoms with E-state index in [-0.39, 0.29) is 11.5 Å². The van der Waals surface area contributed by atoms with E-state index in [1.54, 1.807) is 18.2 Å². The van der Waals surface area contributed by atoms with Crippen LogP contribution < -0.4 is 5.73 Å². The van der Waals surface area contributed by atoms with Crippen LogP contribution in [0.15, 0.2) is 18.2 Å². The van der Waals surface area contributed by atoms with E-state index in [1.165, 1.54) is 0 Å². The minimum Gasteiger partial charge on any atom is -0.506 e. The molecule has 0 aliphatic rings. The van der Waals surface area contributed by atoms with Crippen molar-refractivity contribution in [2.45, 2.75) is 26.2 Å². The molecular weight excluding hydrogens is 178 g/mol. The van der Waals surface area contributed by atoms with E-state index >= 15 is 0 Å². The number of nitrogen functional groups attached to an aromatic ring is 1. The molecule has 3 heteroatoms. The highest BCUT2D eigenvalue weighted by Gasteiger charge is 2.02. The fourth-order valence-corrected chi connectivity index (χ4v) is 1.22. The molecule has 0 saturated heterocycles. The topological polar surface area (TPSA) is 63.3 Å². The zero-order valence-electron chi connectivity index (χ0n) is 8.29. The Hall–Kier alpha value is -1.51. The Morgan fingerprint density at radius 3 is 2.79 bits per heavy atom. The molecular formula is C11H15NO2. The Morgan fingerprint density at radius 1 is 1.50 bits per heavy atom. The number of phenols is 1.